The van der Waals surface area contributed by atoms with Crippen LogP contribution in [0.3, 0.4) is 0 Å². The topological polar surface area (TPSA) is 114 Å². The molecular weight excluding hydrogens is 268 g/mol. The van der Waals surface area contributed by atoms with Gasteiger partial charge >= 0.3 is 0 Å². The van der Waals surface area contributed by atoms with Crippen molar-refractivity contribution in [2.45, 2.75) is 13.3 Å². The van der Waals surface area contributed by atoms with Crippen LogP contribution in [0.15, 0.2) is 12.1 Å². The maximum Gasteiger partial charge on any atom is 0.251 e. The zero-order valence-corrected chi connectivity index (χ0v) is 11.8. The Hall–Kier alpha value is -1.67. The maximum absolute atomic E-state index is 11.9. The minimum absolute atomic E-state index is 0.0175. The molecule has 1 aromatic rings. The number of nitrogens with two attached hydrogens (primary N) is 1. The molecule has 0 radical (unpaired) electrons. The number of pyridine rings is 1. The second-order valence-corrected chi connectivity index (χ2v) is 5.69. The smallest absolute Gasteiger partial charge is 0.251 e. The lowest BCUT2D eigenvalue weighted by Crippen LogP contribution is -2.31. The van der Waals surface area contributed by atoms with Crippen molar-refractivity contribution < 1.29 is 13.2 Å². The van der Waals surface area contributed by atoms with E-state index in [0.29, 0.717) is 17.8 Å². The summed E-state index contributed by atoms with van der Waals surface area (Å²) in [5.74, 6) is -0.0446. The van der Waals surface area contributed by atoms with E-state index in [1.165, 1.54) is 0 Å². The molecule has 0 saturated carbocycles. The van der Waals surface area contributed by atoms with Crippen molar-refractivity contribution in [1.29, 1.82) is 0 Å². The average molecular weight is 286 g/mol. The Morgan fingerprint density at radius 2 is 2.11 bits per heavy atom. The van der Waals surface area contributed by atoms with E-state index in [9.17, 15) is 13.2 Å². The Bertz CT molecular complexity index is 535. The van der Waals surface area contributed by atoms with Crippen LogP contribution in [-0.2, 0) is 16.4 Å². The summed E-state index contributed by atoms with van der Waals surface area (Å²) in [7, 11) is -1.85. The van der Waals surface area contributed by atoms with E-state index >= 15 is 0 Å². The van der Waals surface area contributed by atoms with Gasteiger partial charge in [-0.1, -0.05) is 6.92 Å². The van der Waals surface area contributed by atoms with Crippen LogP contribution in [0.4, 0.5) is 5.82 Å². The minimum Gasteiger partial charge on any atom is -0.373 e. The van der Waals surface area contributed by atoms with Gasteiger partial charge in [-0.2, -0.15) is 0 Å². The number of primary sulfonamides is 1. The first-order valence-electron chi connectivity index (χ1n) is 5.83. The number of aromatic nitrogens is 1. The molecular formula is C11H18N4O3S. The fourth-order valence-corrected chi connectivity index (χ4v) is 1.82. The van der Waals surface area contributed by atoms with Crippen LogP contribution in [0.25, 0.3) is 0 Å². The van der Waals surface area contributed by atoms with Gasteiger partial charge < -0.3 is 10.6 Å². The summed E-state index contributed by atoms with van der Waals surface area (Å²) < 4.78 is 21.5. The van der Waals surface area contributed by atoms with Crippen LogP contribution < -0.4 is 15.8 Å². The number of nitrogens with zero attached hydrogens (tertiary/aromatic N) is 1. The Kier molecular flexibility index (Phi) is 5.25. The Balaban J connectivity index is 2.76. The molecule has 106 valence electrons. The Morgan fingerprint density at radius 1 is 1.42 bits per heavy atom. The molecule has 0 atom stereocenters. The van der Waals surface area contributed by atoms with Crippen LogP contribution in [0.1, 0.15) is 23.0 Å². The fourth-order valence-electron chi connectivity index (χ4n) is 1.44. The number of amides is 1. The number of sulfonamides is 1. The maximum atomic E-state index is 11.9. The largest absolute Gasteiger partial charge is 0.373 e. The molecule has 0 fully saturated rings. The fraction of sp³-hybridized carbons (Fsp3) is 0.455. The molecule has 0 bridgehead atoms. The molecule has 1 amide bonds. The number of rotatable bonds is 6. The molecule has 4 N–H and O–H groups in total. The molecule has 0 aromatic carbocycles. The first kappa shape index (κ1) is 15.4. The molecule has 1 rings (SSSR count). The molecule has 0 saturated heterocycles. The number of aryl methyl sites for hydroxylation is 1. The normalized spacial score (nSPS) is 11.1. The average Bonchev–Trinajstić information content (AvgIpc) is 2.36. The van der Waals surface area contributed by atoms with Gasteiger partial charge in [0.25, 0.3) is 5.91 Å². The van der Waals surface area contributed by atoms with E-state index in [-0.39, 0.29) is 18.2 Å². The van der Waals surface area contributed by atoms with Crippen LogP contribution in [-0.4, -0.2) is 38.7 Å². The van der Waals surface area contributed by atoms with E-state index in [1.54, 1.807) is 19.2 Å². The molecule has 19 heavy (non-hydrogen) atoms. The van der Waals surface area contributed by atoms with Crippen LogP contribution >= 0.6 is 0 Å². The lowest BCUT2D eigenvalue weighted by molar-refractivity contribution is 0.0956. The molecule has 1 heterocycles. The SMILES string of the molecule is CCc1cc(C(=O)NCCS(N)(=O)=O)cc(NC)n1. The number of hydrogen-bond acceptors (Lipinski definition) is 5. The van der Waals surface area contributed by atoms with Gasteiger partial charge in [0.1, 0.15) is 5.82 Å². The third kappa shape index (κ3) is 5.23. The number of nitrogens with one attached hydrogen (secondary N) is 2. The highest BCUT2D eigenvalue weighted by atomic mass is 32.2. The van der Waals surface area contributed by atoms with E-state index in [1.807, 2.05) is 6.92 Å². The molecule has 1 aromatic heterocycles. The molecule has 7 nitrogen and oxygen atoms in total. The minimum atomic E-state index is -3.57. The van der Waals surface area contributed by atoms with E-state index in [4.69, 9.17) is 5.14 Å². The van der Waals surface area contributed by atoms with Crippen molar-refractivity contribution in [1.82, 2.24) is 10.3 Å². The van der Waals surface area contributed by atoms with E-state index in [2.05, 4.69) is 15.6 Å². The van der Waals surface area contributed by atoms with Crippen LogP contribution in [0, 0.1) is 0 Å². The van der Waals surface area contributed by atoms with E-state index in [0.717, 1.165) is 5.69 Å². The highest BCUT2D eigenvalue weighted by Crippen LogP contribution is 2.10. The molecule has 0 aliphatic carbocycles. The summed E-state index contributed by atoms with van der Waals surface area (Å²) in [6, 6.07) is 3.28. The highest BCUT2D eigenvalue weighted by Gasteiger charge is 2.10. The van der Waals surface area contributed by atoms with E-state index < -0.39 is 10.0 Å². The third-order valence-corrected chi connectivity index (χ3v) is 3.20. The van der Waals surface area contributed by atoms with Crippen molar-refractivity contribution >= 4 is 21.7 Å². The Morgan fingerprint density at radius 3 is 2.63 bits per heavy atom. The van der Waals surface area contributed by atoms with Gasteiger partial charge in [-0.05, 0) is 18.6 Å². The summed E-state index contributed by atoms with van der Waals surface area (Å²) in [5.41, 5.74) is 1.22. The number of hydrogen-bond donors (Lipinski definition) is 3. The third-order valence-electron chi connectivity index (χ3n) is 2.43. The van der Waals surface area contributed by atoms with Gasteiger partial charge in [-0.15, -0.1) is 0 Å². The zero-order chi connectivity index (χ0) is 14.5. The molecule has 8 heteroatoms. The lowest BCUT2D eigenvalue weighted by Gasteiger charge is -2.08. The quantitative estimate of drug-likeness (QED) is 0.664. The summed E-state index contributed by atoms with van der Waals surface area (Å²) in [4.78, 5) is 16.1. The predicted molar refractivity (Wildman–Crippen MR) is 73.5 cm³/mol. The standard InChI is InChI=1S/C11H18N4O3S/c1-3-9-6-8(7-10(13-2)15-9)11(16)14-4-5-19(12,17)18/h6-7H,3-5H2,1-2H3,(H,13,15)(H,14,16)(H2,12,17,18). The first-order chi connectivity index (χ1) is 8.85. The summed E-state index contributed by atoms with van der Waals surface area (Å²) in [6.07, 6.45) is 0.701. The Labute approximate surface area is 112 Å². The van der Waals surface area contributed by atoms with Crippen molar-refractivity contribution in [3.8, 4) is 0 Å². The highest BCUT2D eigenvalue weighted by molar-refractivity contribution is 7.89. The van der Waals surface area contributed by atoms with Crippen molar-refractivity contribution in [2.75, 3.05) is 24.7 Å². The van der Waals surface area contributed by atoms with Crippen molar-refractivity contribution in [3.63, 3.8) is 0 Å². The monoisotopic (exact) mass is 286 g/mol. The first-order valence-corrected chi connectivity index (χ1v) is 7.54. The van der Waals surface area contributed by atoms with Crippen LogP contribution in [0.5, 0.6) is 0 Å². The van der Waals surface area contributed by atoms with Crippen molar-refractivity contribution in [2.24, 2.45) is 5.14 Å². The van der Waals surface area contributed by atoms with Gasteiger partial charge in [0.2, 0.25) is 10.0 Å². The second kappa shape index (κ2) is 6.48. The summed E-state index contributed by atoms with van der Waals surface area (Å²) in [5, 5.41) is 10.2. The number of anilines is 1. The predicted octanol–water partition coefficient (Wildman–Crippen LogP) is -0.296. The summed E-state index contributed by atoms with van der Waals surface area (Å²) >= 11 is 0. The van der Waals surface area contributed by atoms with Gasteiger partial charge in [0, 0.05) is 24.8 Å². The lowest BCUT2D eigenvalue weighted by atomic mass is 10.2. The number of carbonyl (C=O) groups is 1. The van der Waals surface area contributed by atoms with Crippen LogP contribution in [0.2, 0.25) is 0 Å². The van der Waals surface area contributed by atoms with Gasteiger partial charge in [-0.25, -0.2) is 18.5 Å². The second-order valence-electron chi connectivity index (χ2n) is 3.96. The summed E-state index contributed by atoms with van der Waals surface area (Å²) in [6.45, 7) is 1.92. The van der Waals surface area contributed by atoms with Gasteiger partial charge in [0.15, 0.2) is 0 Å². The van der Waals surface area contributed by atoms with Gasteiger partial charge in [-0.3, -0.25) is 4.79 Å². The van der Waals surface area contributed by atoms with Gasteiger partial charge in [0.05, 0.1) is 5.75 Å². The number of carbonyl (C=O) groups excluding carboxylic acids is 1. The molecule has 0 spiro atoms. The van der Waals surface area contributed by atoms with Crippen molar-refractivity contribution in [3.05, 3.63) is 23.4 Å². The zero-order valence-electron chi connectivity index (χ0n) is 10.9. The molecule has 0 aliphatic heterocycles. The molecule has 0 aliphatic rings. The molecule has 0 unspecified atom stereocenters.